The minimum Gasteiger partial charge on any atom is -0.478 e. The van der Waals surface area contributed by atoms with Crippen molar-refractivity contribution in [1.82, 2.24) is 0 Å². The van der Waals surface area contributed by atoms with Crippen LogP contribution < -0.4 is 10.6 Å². The van der Waals surface area contributed by atoms with Gasteiger partial charge < -0.3 is 15.7 Å². The fraction of sp³-hybridized carbons (Fsp3) is 0.364. The van der Waals surface area contributed by atoms with Crippen LogP contribution in [0.4, 0.5) is 5.69 Å². The zero-order chi connectivity index (χ0) is 20.3. The molecule has 2 aromatic carbocycles. The van der Waals surface area contributed by atoms with Gasteiger partial charge >= 0.3 is 5.97 Å². The lowest BCUT2D eigenvalue weighted by Gasteiger charge is -2.33. The van der Waals surface area contributed by atoms with Crippen LogP contribution in [0.15, 0.2) is 42.5 Å². The first kappa shape index (κ1) is 20.2. The number of carbonyl (C=O) groups is 2. The van der Waals surface area contributed by atoms with Crippen molar-refractivity contribution in [3.8, 4) is 0 Å². The maximum absolute atomic E-state index is 12.4. The SMILES string of the molecule is CC(c1ccc(Cl)cc1N1CCCCC1)C(C(N)=O)c1ccc(C(=O)O)cc1. The number of piperidine rings is 1. The summed E-state index contributed by atoms with van der Waals surface area (Å²) in [4.78, 5) is 25.8. The molecule has 5 nitrogen and oxygen atoms in total. The third-order valence-electron chi connectivity index (χ3n) is 5.50. The second-order valence-electron chi connectivity index (χ2n) is 7.35. The Bertz CT molecular complexity index is 861. The Balaban J connectivity index is 1.98. The van der Waals surface area contributed by atoms with Crippen molar-refractivity contribution in [2.24, 2.45) is 5.73 Å². The van der Waals surface area contributed by atoms with Crippen molar-refractivity contribution in [2.45, 2.75) is 38.0 Å². The monoisotopic (exact) mass is 400 g/mol. The zero-order valence-corrected chi connectivity index (χ0v) is 16.7. The van der Waals surface area contributed by atoms with E-state index in [0.717, 1.165) is 37.2 Å². The molecule has 0 spiro atoms. The number of primary amides is 1. The highest BCUT2D eigenvalue weighted by Crippen LogP contribution is 2.39. The number of halogens is 1. The van der Waals surface area contributed by atoms with E-state index in [2.05, 4.69) is 4.90 Å². The van der Waals surface area contributed by atoms with Crippen molar-refractivity contribution in [3.05, 3.63) is 64.2 Å². The van der Waals surface area contributed by atoms with Gasteiger partial charge in [0.15, 0.2) is 0 Å². The van der Waals surface area contributed by atoms with Gasteiger partial charge in [0.2, 0.25) is 5.91 Å². The number of anilines is 1. The highest BCUT2D eigenvalue weighted by atomic mass is 35.5. The third kappa shape index (κ3) is 4.30. The van der Waals surface area contributed by atoms with Gasteiger partial charge in [-0.05, 0) is 60.6 Å². The highest BCUT2D eigenvalue weighted by molar-refractivity contribution is 6.30. The van der Waals surface area contributed by atoms with E-state index in [1.165, 1.54) is 18.6 Å². The van der Waals surface area contributed by atoms with E-state index in [-0.39, 0.29) is 11.5 Å². The number of benzene rings is 2. The quantitative estimate of drug-likeness (QED) is 0.752. The van der Waals surface area contributed by atoms with Crippen molar-refractivity contribution in [3.63, 3.8) is 0 Å². The number of carboxylic acid groups (broad SMARTS) is 1. The summed E-state index contributed by atoms with van der Waals surface area (Å²) < 4.78 is 0. The molecule has 148 valence electrons. The fourth-order valence-electron chi connectivity index (χ4n) is 4.02. The molecule has 2 unspecified atom stereocenters. The van der Waals surface area contributed by atoms with Crippen molar-refractivity contribution in [1.29, 1.82) is 0 Å². The first-order valence-electron chi connectivity index (χ1n) is 9.55. The van der Waals surface area contributed by atoms with Crippen LogP contribution in [0.5, 0.6) is 0 Å². The molecule has 1 aliphatic heterocycles. The van der Waals surface area contributed by atoms with Crippen molar-refractivity contribution < 1.29 is 14.7 Å². The average molecular weight is 401 g/mol. The summed E-state index contributed by atoms with van der Waals surface area (Å²) in [5.74, 6) is -2.18. The van der Waals surface area contributed by atoms with Crippen molar-refractivity contribution >= 4 is 29.2 Å². The van der Waals surface area contributed by atoms with E-state index in [1.54, 1.807) is 12.1 Å². The Hall–Kier alpha value is -2.53. The minimum absolute atomic E-state index is 0.178. The molecule has 0 aromatic heterocycles. The standard InChI is InChI=1S/C22H25ClN2O3/c1-14(20(21(24)26)15-5-7-16(8-6-15)22(27)28)18-10-9-17(23)13-19(18)25-11-3-2-4-12-25/h5-10,13-14,20H,2-4,11-12H2,1H3,(H2,24,26)(H,27,28). The van der Waals surface area contributed by atoms with Crippen LogP contribution in [0.2, 0.25) is 5.02 Å². The van der Waals surface area contributed by atoms with Crippen LogP contribution in [0, 0.1) is 0 Å². The molecule has 6 heteroatoms. The molecule has 1 amide bonds. The second-order valence-corrected chi connectivity index (χ2v) is 7.78. The largest absolute Gasteiger partial charge is 0.478 e. The molecule has 0 aliphatic carbocycles. The van der Waals surface area contributed by atoms with E-state index in [9.17, 15) is 9.59 Å². The lowest BCUT2D eigenvalue weighted by molar-refractivity contribution is -0.119. The first-order chi connectivity index (χ1) is 13.4. The van der Waals surface area contributed by atoms with Crippen molar-refractivity contribution in [2.75, 3.05) is 18.0 Å². The molecule has 1 heterocycles. The topological polar surface area (TPSA) is 83.6 Å². The predicted molar refractivity (Wildman–Crippen MR) is 111 cm³/mol. The van der Waals surface area contributed by atoms with Gasteiger partial charge in [-0.15, -0.1) is 0 Å². The number of hydrogen-bond donors (Lipinski definition) is 2. The Morgan fingerprint density at radius 2 is 1.71 bits per heavy atom. The number of rotatable bonds is 6. The van der Waals surface area contributed by atoms with Crippen LogP contribution in [0.25, 0.3) is 0 Å². The number of amides is 1. The summed E-state index contributed by atoms with van der Waals surface area (Å²) in [7, 11) is 0. The summed E-state index contributed by atoms with van der Waals surface area (Å²) in [6.45, 7) is 3.92. The van der Waals surface area contributed by atoms with Gasteiger partial charge in [-0.1, -0.05) is 36.7 Å². The normalized spacial score (nSPS) is 16.4. The maximum atomic E-state index is 12.4. The van der Waals surface area contributed by atoms with Gasteiger partial charge in [0.05, 0.1) is 11.5 Å². The van der Waals surface area contributed by atoms with E-state index in [1.807, 2.05) is 25.1 Å². The summed E-state index contributed by atoms with van der Waals surface area (Å²) in [5.41, 5.74) is 8.74. The van der Waals surface area contributed by atoms with E-state index < -0.39 is 17.8 Å². The summed E-state index contributed by atoms with van der Waals surface area (Å²) in [6, 6.07) is 12.1. The molecule has 3 N–H and O–H groups in total. The first-order valence-corrected chi connectivity index (χ1v) is 9.93. The molecule has 3 rings (SSSR count). The molecule has 2 aromatic rings. The van der Waals surface area contributed by atoms with Gasteiger partial charge in [0, 0.05) is 23.8 Å². The number of nitrogens with zero attached hydrogens (tertiary/aromatic N) is 1. The fourth-order valence-corrected chi connectivity index (χ4v) is 4.19. The van der Waals surface area contributed by atoms with Crippen LogP contribution in [0.1, 0.15) is 59.5 Å². The molecule has 2 atom stereocenters. The molecule has 0 radical (unpaired) electrons. The Kier molecular flexibility index (Phi) is 6.25. The second kappa shape index (κ2) is 8.65. The minimum atomic E-state index is -1.000. The molecular weight excluding hydrogens is 376 g/mol. The number of hydrogen-bond acceptors (Lipinski definition) is 3. The molecule has 0 saturated carbocycles. The number of aromatic carboxylic acids is 1. The third-order valence-corrected chi connectivity index (χ3v) is 5.74. The predicted octanol–water partition coefficient (Wildman–Crippen LogP) is 4.40. The average Bonchev–Trinajstić information content (AvgIpc) is 2.68. The molecule has 1 aliphatic rings. The Morgan fingerprint density at radius 1 is 1.07 bits per heavy atom. The van der Waals surface area contributed by atoms with Crippen LogP contribution in [-0.4, -0.2) is 30.1 Å². The van der Waals surface area contributed by atoms with Crippen LogP contribution >= 0.6 is 11.6 Å². The summed E-state index contributed by atoms with van der Waals surface area (Å²) in [5, 5.41) is 9.77. The zero-order valence-electron chi connectivity index (χ0n) is 15.9. The number of nitrogens with two attached hydrogens (primary N) is 1. The molecule has 1 fully saturated rings. The van der Waals surface area contributed by atoms with E-state index >= 15 is 0 Å². The summed E-state index contributed by atoms with van der Waals surface area (Å²) in [6.07, 6.45) is 3.49. The van der Waals surface area contributed by atoms with Crippen LogP contribution in [0.3, 0.4) is 0 Å². The van der Waals surface area contributed by atoms with Gasteiger partial charge in [-0.3, -0.25) is 4.79 Å². The molecular formula is C22H25ClN2O3. The molecule has 0 bridgehead atoms. The Labute approximate surface area is 170 Å². The Morgan fingerprint density at radius 3 is 2.29 bits per heavy atom. The van der Waals surface area contributed by atoms with Gasteiger partial charge in [0.1, 0.15) is 0 Å². The van der Waals surface area contributed by atoms with E-state index in [0.29, 0.717) is 10.6 Å². The lowest BCUT2D eigenvalue weighted by atomic mass is 9.81. The number of carboxylic acids is 1. The van der Waals surface area contributed by atoms with E-state index in [4.69, 9.17) is 22.4 Å². The number of carbonyl (C=O) groups excluding carboxylic acids is 1. The van der Waals surface area contributed by atoms with Gasteiger partial charge in [-0.2, -0.15) is 0 Å². The molecule has 28 heavy (non-hydrogen) atoms. The summed E-state index contributed by atoms with van der Waals surface area (Å²) >= 11 is 6.27. The highest BCUT2D eigenvalue weighted by Gasteiger charge is 2.29. The van der Waals surface area contributed by atoms with Crippen LogP contribution in [-0.2, 0) is 4.79 Å². The molecule has 1 saturated heterocycles. The van der Waals surface area contributed by atoms with Gasteiger partial charge in [-0.25, -0.2) is 4.79 Å². The smallest absolute Gasteiger partial charge is 0.335 e. The van der Waals surface area contributed by atoms with Gasteiger partial charge in [0.25, 0.3) is 0 Å². The maximum Gasteiger partial charge on any atom is 0.335 e. The lowest BCUT2D eigenvalue weighted by Crippen LogP contribution is -2.32.